The molecule has 1 aromatic carbocycles. The van der Waals surface area contributed by atoms with E-state index < -0.39 is 0 Å². The number of fused-ring (bicyclic) bond motifs is 1. The molecular formula is C14H19BrCl2N2. The summed E-state index contributed by atoms with van der Waals surface area (Å²) in [5, 5.41) is 4.34. The van der Waals surface area contributed by atoms with Gasteiger partial charge in [-0.1, -0.05) is 27.5 Å². The highest BCUT2D eigenvalue weighted by Gasteiger charge is 2.32. The minimum absolute atomic E-state index is 0. The standard InChI is InChI=1S/C14H18BrClN2.ClH/c15-14-2-1-13(16)5-11(14)8-18-4-3-10-6-17-7-12(10)9-18;/h1-2,5,10,12,17H,3-4,6-9H2;1H. The second-order valence-corrected chi connectivity index (χ2v) is 6.73. The van der Waals surface area contributed by atoms with Crippen LogP contribution in [0.2, 0.25) is 5.02 Å². The fourth-order valence-electron chi connectivity index (χ4n) is 3.16. The van der Waals surface area contributed by atoms with Crippen LogP contribution in [0.1, 0.15) is 12.0 Å². The smallest absolute Gasteiger partial charge is 0.0410 e. The Hall–Kier alpha value is 0.200. The maximum absolute atomic E-state index is 6.07. The van der Waals surface area contributed by atoms with Gasteiger partial charge in [0.05, 0.1) is 0 Å². The highest BCUT2D eigenvalue weighted by atomic mass is 79.9. The molecule has 2 heterocycles. The van der Waals surface area contributed by atoms with Crippen molar-refractivity contribution in [1.29, 1.82) is 0 Å². The molecule has 106 valence electrons. The van der Waals surface area contributed by atoms with Crippen LogP contribution >= 0.6 is 39.9 Å². The lowest BCUT2D eigenvalue weighted by Crippen LogP contribution is -2.39. The molecule has 0 amide bonds. The Labute approximate surface area is 134 Å². The Morgan fingerprint density at radius 3 is 2.95 bits per heavy atom. The van der Waals surface area contributed by atoms with E-state index in [0.717, 1.165) is 23.4 Å². The average Bonchev–Trinajstić information content (AvgIpc) is 2.81. The maximum atomic E-state index is 6.07. The zero-order chi connectivity index (χ0) is 12.5. The number of hydrogen-bond acceptors (Lipinski definition) is 2. The van der Waals surface area contributed by atoms with Crippen LogP contribution in [0.25, 0.3) is 0 Å². The second kappa shape index (κ2) is 6.77. The highest BCUT2D eigenvalue weighted by Crippen LogP contribution is 2.29. The molecule has 2 atom stereocenters. The van der Waals surface area contributed by atoms with E-state index in [1.54, 1.807) is 0 Å². The topological polar surface area (TPSA) is 15.3 Å². The van der Waals surface area contributed by atoms with Crippen LogP contribution in [-0.4, -0.2) is 31.1 Å². The van der Waals surface area contributed by atoms with E-state index in [4.69, 9.17) is 11.6 Å². The number of benzene rings is 1. The summed E-state index contributed by atoms with van der Waals surface area (Å²) >= 11 is 9.69. The molecule has 0 saturated carbocycles. The molecule has 2 fully saturated rings. The largest absolute Gasteiger partial charge is 0.316 e. The first-order valence-corrected chi connectivity index (χ1v) is 7.76. The molecule has 2 aliphatic heterocycles. The first kappa shape index (κ1) is 15.6. The lowest BCUT2D eigenvalue weighted by molar-refractivity contribution is 0.142. The van der Waals surface area contributed by atoms with Crippen molar-refractivity contribution in [3.8, 4) is 0 Å². The fraction of sp³-hybridized carbons (Fsp3) is 0.571. The summed E-state index contributed by atoms with van der Waals surface area (Å²) in [5.41, 5.74) is 1.30. The number of nitrogens with zero attached hydrogens (tertiary/aromatic N) is 1. The molecule has 2 nitrogen and oxygen atoms in total. The minimum atomic E-state index is 0. The molecule has 1 aromatic rings. The predicted molar refractivity (Wildman–Crippen MR) is 86.1 cm³/mol. The molecule has 2 saturated heterocycles. The first-order valence-electron chi connectivity index (χ1n) is 6.59. The summed E-state index contributed by atoms with van der Waals surface area (Å²) in [4.78, 5) is 2.56. The van der Waals surface area contributed by atoms with E-state index in [2.05, 4.69) is 32.2 Å². The minimum Gasteiger partial charge on any atom is -0.316 e. The van der Waals surface area contributed by atoms with Crippen molar-refractivity contribution in [2.24, 2.45) is 11.8 Å². The normalized spacial score (nSPS) is 26.8. The number of hydrogen-bond donors (Lipinski definition) is 1. The van der Waals surface area contributed by atoms with Gasteiger partial charge in [0.15, 0.2) is 0 Å². The third kappa shape index (κ3) is 3.64. The molecule has 0 aliphatic carbocycles. The number of halogens is 3. The Kier molecular flexibility index (Phi) is 5.55. The number of rotatable bonds is 2. The lowest BCUT2D eigenvalue weighted by atomic mass is 9.88. The van der Waals surface area contributed by atoms with E-state index in [9.17, 15) is 0 Å². The molecule has 0 aromatic heterocycles. The summed E-state index contributed by atoms with van der Waals surface area (Å²) in [7, 11) is 0. The SMILES string of the molecule is Cl.Clc1ccc(Br)c(CN2CCC3CNCC3C2)c1. The third-order valence-corrected chi connectivity index (χ3v) is 5.20. The quantitative estimate of drug-likeness (QED) is 0.861. The van der Waals surface area contributed by atoms with Gasteiger partial charge in [-0.25, -0.2) is 0 Å². The van der Waals surface area contributed by atoms with E-state index in [1.165, 1.54) is 42.6 Å². The molecule has 0 spiro atoms. The van der Waals surface area contributed by atoms with Crippen molar-refractivity contribution >= 4 is 39.9 Å². The summed E-state index contributed by atoms with van der Waals surface area (Å²) in [5.74, 6) is 1.75. The number of nitrogens with one attached hydrogen (secondary N) is 1. The second-order valence-electron chi connectivity index (χ2n) is 5.44. The van der Waals surface area contributed by atoms with Crippen LogP contribution in [0.4, 0.5) is 0 Å². The molecule has 1 N–H and O–H groups in total. The zero-order valence-electron chi connectivity index (χ0n) is 10.7. The monoisotopic (exact) mass is 364 g/mol. The van der Waals surface area contributed by atoms with E-state index in [-0.39, 0.29) is 12.4 Å². The van der Waals surface area contributed by atoms with Gasteiger partial charge in [-0.2, -0.15) is 0 Å². The number of likely N-dealkylation sites (tertiary alicyclic amines) is 1. The molecular weight excluding hydrogens is 347 g/mol. The van der Waals surface area contributed by atoms with Crippen LogP contribution < -0.4 is 5.32 Å². The Morgan fingerprint density at radius 1 is 1.32 bits per heavy atom. The van der Waals surface area contributed by atoms with Gasteiger partial charge in [-0.05, 0) is 61.7 Å². The third-order valence-electron chi connectivity index (χ3n) is 4.19. The van der Waals surface area contributed by atoms with Crippen molar-refractivity contribution in [2.45, 2.75) is 13.0 Å². The van der Waals surface area contributed by atoms with E-state index in [0.29, 0.717) is 0 Å². The van der Waals surface area contributed by atoms with Crippen molar-refractivity contribution < 1.29 is 0 Å². The van der Waals surface area contributed by atoms with Gasteiger partial charge >= 0.3 is 0 Å². The molecule has 3 rings (SSSR count). The Balaban J connectivity index is 0.00000133. The molecule has 19 heavy (non-hydrogen) atoms. The van der Waals surface area contributed by atoms with Crippen molar-refractivity contribution in [2.75, 3.05) is 26.2 Å². The van der Waals surface area contributed by atoms with Gasteiger partial charge < -0.3 is 5.32 Å². The van der Waals surface area contributed by atoms with Gasteiger partial charge in [0, 0.05) is 22.6 Å². The summed E-state index contributed by atoms with van der Waals surface area (Å²) in [6.07, 6.45) is 1.33. The summed E-state index contributed by atoms with van der Waals surface area (Å²) in [6.45, 7) is 5.85. The molecule has 2 aliphatic rings. The maximum Gasteiger partial charge on any atom is 0.0410 e. The van der Waals surface area contributed by atoms with Crippen molar-refractivity contribution in [3.05, 3.63) is 33.3 Å². The van der Waals surface area contributed by atoms with Crippen molar-refractivity contribution in [3.63, 3.8) is 0 Å². The fourth-order valence-corrected chi connectivity index (χ4v) is 3.73. The average molecular weight is 366 g/mol. The van der Waals surface area contributed by atoms with Gasteiger partial charge in [0.25, 0.3) is 0 Å². The highest BCUT2D eigenvalue weighted by molar-refractivity contribution is 9.10. The van der Waals surface area contributed by atoms with Gasteiger partial charge in [-0.3, -0.25) is 4.90 Å². The van der Waals surface area contributed by atoms with Crippen molar-refractivity contribution in [1.82, 2.24) is 10.2 Å². The van der Waals surface area contributed by atoms with Crippen LogP contribution in [0, 0.1) is 11.8 Å². The van der Waals surface area contributed by atoms with E-state index >= 15 is 0 Å². The van der Waals surface area contributed by atoms with Crippen LogP contribution in [0.5, 0.6) is 0 Å². The van der Waals surface area contributed by atoms with Gasteiger partial charge in [0.1, 0.15) is 0 Å². The van der Waals surface area contributed by atoms with Crippen LogP contribution in [0.15, 0.2) is 22.7 Å². The van der Waals surface area contributed by atoms with Gasteiger partial charge in [-0.15, -0.1) is 12.4 Å². The molecule has 0 radical (unpaired) electrons. The predicted octanol–water partition coefficient (Wildman–Crippen LogP) is 3.57. The lowest BCUT2D eigenvalue weighted by Gasteiger charge is -2.34. The number of piperidine rings is 1. The Morgan fingerprint density at radius 2 is 2.11 bits per heavy atom. The molecule has 2 unspecified atom stereocenters. The van der Waals surface area contributed by atoms with Crippen LogP contribution in [0.3, 0.4) is 0 Å². The molecule has 0 bridgehead atoms. The molecule has 5 heteroatoms. The Bertz CT molecular complexity index is 441. The van der Waals surface area contributed by atoms with Crippen LogP contribution in [-0.2, 0) is 6.54 Å². The van der Waals surface area contributed by atoms with Gasteiger partial charge in [0.2, 0.25) is 0 Å². The zero-order valence-corrected chi connectivity index (χ0v) is 13.9. The van der Waals surface area contributed by atoms with E-state index in [1.807, 2.05) is 12.1 Å². The summed E-state index contributed by atoms with van der Waals surface area (Å²) < 4.78 is 1.17. The summed E-state index contributed by atoms with van der Waals surface area (Å²) in [6, 6.07) is 6.05. The first-order chi connectivity index (χ1) is 8.72.